The molecule has 0 aliphatic heterocycles. The number of hydrogen-bond acceptors (Lipinski definition) is 4. The van der Waals surface area contributed by atoms with Gasteiger partial charge < -0.3 is 14.9 Å². The molecule has 0 aromatic heterocycles. The Morgan fingerprint density at radius 1 is 1.25 bits per heavy atom. The van der Waals surface area contributed by atoms with Crippen LogP contribution in [0.1, 0.15) is 26.7 Å². The molecule has 0 spiro atoms. The average Bonchev–Trinajstić information content (AvgIpc) is 2.12. The lowest BCUT2D eigenvalue weighted by atomic mass is 10.1. The van der Waals surface area contributed by atoms with Gasteiger partial charge in [-0.05, 0) is 12.3 Å². The van der Waals surface area contributed by atoms with Crippen LogP contribution < -0.4 is 4.74 Å². The van der Waals surface area contributed by atoms with Gasteiger partial charge in [0.05, 0.1) is 0 Å². The number of ether oxygens (including phenoxy) is 1. The fourth-order valence-electron chi connectivity index (χ4n) is 1.22. The van der Waals surface area contributed by atoms with Crippen LogP contribution >= 0.6 is 0 Å². The molecule has 0 radical (unpaired) electrons. The molecule has 0 aliphatic rings. The molecule has 2 N–H and O–H groups in total. The van der Waals surface area contributed by atoms with Crippen LogP contribution in [0.3, 0.4) is 0 Å². The van der Waals surface area contributed by atoms with E-state index in [-0.39, 0.29) is 23.2 Å². The molecule has 88 valence electrons. The molecule has 4 nitrogen and oxygen atoms in total. The van der Waals surface area contributed by atoms with Crippen LogP contribution in [0.4, 0.5) is 0 Å². The van der Waals surface area contributed by atoms with Crippen molar-refractivity contribution in [3.63, 3.8) is 0 Å². The van der Waals surface area contributed by atoms with E-state index in [2.05, 4.69) is 0 Å². The van der Waals surface area contributed by atoms with Gasteiger partial charge in [0.1, 0.15) is 17.2 Å². The zero-order valence-corrected chi connectivity index (χ0v) is 9.43. The SMILES string of the molecule is CC(C)CCC(=O)Oc1cc(O)cc(O)c1. The van der Waals surface area contributed by atoms with Gasteiger partial charge in [-0.2, -0.15) is 0 Å². The molecule has 0 heterocycles. The monoisotopic (exact) mass is 224 g/mol. The van der Waals surface area contributed by atoms with E-state index in [0.717, 1.165) is 6.42 Å². The summed E-state index contributed by atoms with van der Waals surface area (Å²) in [5.74, 6) is -0.0339. The van der Waals surface area contributed by atoms with E-state index in [9.17, 15) is 15.0 Å². The predicted octanol–water partition coefficient (Wildman–Crippen LogP) is 2.44. The first kappa shape index (κ1) is 12.4. The van der Waals surface area contributed by atoms with Crippen LogP contribution in [0, 0.1) is 5.92 Å². The van der Waals surface area contributed by atoms with Crippen LogP contribution in [0.25, 0.3) is 0 Å². The lowest BCUT2D eigenvalue weighted by Crippen LogP contribution is -2.08. The van der Waals surface area contributed by atoms with Crippen LogP contribution in [-0.2, 0) is 4.79 Å². The standard InChI is InChI=1S/C12H16O4/c1-8(2)3-4-12(15)16-11-6-9(13)5-10(14)7-11/h5-8,13-14H,3-4H2,1-2H3. The third-order valence-electron chi connectivity index (χ3n) is 2.03. The summed E-state index contributed by atoms with van der Waals surface area (Å²) in [6, 6.07) is 3.74. The third kappa shape index (κ3) is 4.21. The van der Waals surface area contributed by atoms with Gasteiger partial charge in [-0.25, -0.2) is 0 Å². The number of carbonyl (C=O) groups excluding carboxylic acids is 1. The van der Waals surface area contributed by atoms with Crippen LogP contribution in [0.2, 0.25) is 0 Å². The number of carbonyl (C=O) groups is 1. The van der Waals surface area contributed by atoms with Crippen molar-refractivity contribution < 1.29 is 19.7 Å². The van der Waals surface area contributed by atoms with Gasteiger partial charge in [0.25, 0.3) is 0 Å². The molecule has 0 bridgehead atoms. The van der Waals surface area contributed by atoms with E-state index in [1.807, 2.05) is 13.8 Å². The quantitative estimate of drug-likeness (QED) is 0.609. The number of phenols is 2. The molecule has 1 aromatic rings. The summed E-state index contributed by atoms with van der Waals surface area (Å²) in [6.45, 7) is 4.04. The van der Waals surface area contributed by atoms with Crippen LogP contribution in [0.5, 0.6) is 17.2 Å². The Morgan fingerprint density at radius 3 is 2.31 bits per heavy atom. The molecule has 0 aliphatic carbocycles. The number of benzene rings is 1. The summed E-state index contributed by atoms with van der Waals surface area (Å²) in [6.07, 6.45) is 1.08. The fourth-order valence-corrected chi connectivity index (χ4v) is 1.22. The number of aromatic hydroxyl groups is 2. The summed E-state index contributed by atoms with van der Waals surface area (Å²) >= 11 is 0. The molecule has 0 fully saturated rings. The summed E-state index contributed by atoms with van der Waals surface area (Å²) in [5, 5.41) is 18.3. The minimum Gasteiger partial charge on any atom is -0.508 e. The van der Waals surface area contributed by atoms with Crippen molar-refractivity contribution in [1.82, 2.24) is 0 Å². The smallest absolute Gasteiger partial charge is 0.311 e. The Bertz CT molecular complexity index is 351. The van der Waals surface area contributed by atoms with Crippen molar-refractivity contribution >= 4 is 5.97 Å². The highest BCUT2D eigenvalue weighted by molar-refractivity contribution is 5.72. The summed E-state index contributed by atoms with van der Waals surface area (Å²) in [4.78, 5) is 11.4. The van der Waals surface area contributed by atoms with E-state index < -0.39 is 0 Å². The first-order valence-corrected chi connectivity index (χ1v) is 5.21. The van der Waals surface area contributed by atoms with Gasteiger partial charge in [-0.1, -0.05) is 13.8 Å². The summed E-state index contributed by atoms with van der Waals surface area (Å²) in [7, 11) is 0. The third-order valence-corrected chi connectivity index (χ3v) is 2.03. The van der Waals surface area contributed by atoms with Gasteiger partial charge >= 0.3 is 5.97 Å². The maximum absolute atomic E-state index is 11.4. The second-order valence-corrected chi connectivity index (χ2v) is 4.09. The van der Waals surface area contributed by atoms with E-state index in [0.29, 0.717) is 12.3 Å². The van der Waals surface area contributed by atoms with Gasteiger partial charge in [-0.3, -0.25) is 4.79 Å². The van der Waals surface area contributed by atoms with Crippen LogP contribution in [0.15, 0.2) is 18.2 Å². The lowest BCUT2D eigenvalue weighted by molar-refractivity contribution is -0.134. The van der Waals surface area contributed by atoms with Gasteiger partial charge in [-0.15, -0.1) is 0 Å². The van der Waals surface area contributed by atoms with Crippen molar-refractivity contribution in [2.45, 2.75) is 26.7 Å². The Balaban J connectivity index is 2.56. The Kier molecular flexibility index (Phi) is 4.17. The topological polar surface area (TPSA) is 66.8 Å². The second kappa shape index (κ2) is 5.39. The Hall–Kier alpha value is -1.71. The lowest BCUT2D eigenvalue weighted by Gasteiger charge is -2.06. The highest BCUT2D eigenvalue weighted by Crippen LogP contribution is 2.26. The molecule has 4 heteroatoms. The first-order chi connectivity index (χ1) is 7.47. The van der Waals surface area contributed by atoms with Crippen molar-refractivity contribution in [2.75, 3.05) is 0 Å². The minimum absolute atomic E-state index is 0.133. The largest absolute Gasteiger partial charge is 0.508 e. The number of phenolic OH excluding ortho intramolecular Hbond substituents is 2. The highest BCUT2D eigenvalue weighted by Gasteiger charge is 2.08. The Labute approximate surface area is 94.5 Å². The zero-order valence-electron chi connectivity index (χ0n) is 9.43. The van der Waals surface area contributed by atoms with Crippen molar-refractivity contribution in [2.24, 2.45) is 5.92 Å². The molecular weight excluding hydrogens is 208 g/mol. The first-order valence-electron chi connectivity index (χ1n) is 5.21. The molecule has 0 atom stereocenters. The van der Waals surface area contributed by atoms with E-state index >= 15 is 0 Å². The van der Waals surface area contributed by atoms with Gasteiger partial charge in [0.15, 0.2) is 0 Å². The molecule has 0 saturated heterocycles. The number of esters is 1. The number of rotatable bonds is 4. The normalized spacial score (nSPS) is 10.4. The molecular formula is C12H16O4. The predicted molar refractivity (Wildman–Crippen MR) is 59.5 cm³/mol. The maximum Gasteiger partial charge on any atom is 0.311 e. The zero-order chi connectivity index (χ0) is 12.1. The van der Waals surface area contributed by atoms with Crippen LogP contribution in [-0.4, -0.2) is 16.2 Å². The van der Waals surface area contributed by atoms with Crippen molar-refractivity contribution in [3.8, 4) is 17.2 Å². The van der Waals surface area contributed by atoms with Crippen molar-refractivity contribution in [1.29, 1.82) is 0 Å². The molecule has 1 aromatic carbocycles. The number of hydrogen-bond donors (Lipinski definition) is 2. The molecule has 16 heavy (non-hydrogen) atoms. The maximum atomic E-state index is 11.4. The molecule has 0 amide bonds. The summed E-state index contributed by atoms with van der Waals surface area (Å²) in [5.41, 5.74) is 0. The van der Waals surface area contributed by atoms with Gasteiger partial charge in [0.2, 0.25) is 0 Å². The molecule has 0 saturated carbocycles. The van der Waals surface area contributed by atoms with E-state index in [4.69, 9.17) is 4.74 Å². The highest BCUT2D eigenvalue weighted by atomic mass is 16.5. The molecule has 0 unspecified atom stereocenters. The Morgan fingerprint density at radius 2 is 1.81 bits per heavy atom. The van der Waals surface area contributed by atoms with E-state index in [1.165, 1.54) is 18.2 Å². The fraction of sp³-hybridized carbons (Fsp3) is 0.417. The van der Waals surface area contributed by atoms with E-state index in [1.54, 1.807) is 0 Å². The summed E-state index contributed by atoms with van der Waals surface area (Å²) < 4.78 is 4.97. The van der Waals surface area contributed by atoms with Gasteiger partial charge in [0, 0.05) is 24.6 Å². The second-order valence-electron chi connectivity index (χ2n) is 4.09. The molecule has 1 rings (SSSR count). The average molecular weight is 224 g/mol. The van der Waals surface area contributed by atoms with Crippen molar-refractivity contribution in [3.05, 3.63) is 18.2 Å². The minimum atomic E-state index is -0.362.